The van der Waals surface area contributed by atoms with Gasteiger partial charge in [0.25, 0.3) is 5.91 Å². The van der Waals surface area contributed by atoms with Crippen LogP contribution in [0.2, 0.25) is 5.02 Å². The lowest BCUT2D eigenvalue weighted by Gasteiger charge is -2.23. The highest BCUT2D eigenvalue weighted by atomic mass is 79.9. The Morgan fingerprint density at radius 3 is 2.55 bits per heavy atom. The second-order valence-corrected chi connectivity index (χ2v) is 10.7. The van der Waals surface area contributed by atoms with Gasteiger partial charge in [0, 0.05) is 35.5 Å². The van der Waals surface area contributed by atoms with Crippen LogP contribution in [0, 0.1) is 0 Å². The summed E-state index contributed by atoms with van der Waals surface area (Å²) in [6.07, 6.45) is 4.07. The molecule has 0 atom stereocenters. The topological polar surface area (TPSA) is 91.6 Å². The van der Waals surface area contributed by atoms with Crippen LogP contribution in [0.4, 0.5) is 16.2 Å². The van der Waals surface area contributed by atoms with E-state index >= 15 is 0 Å². The van der Waals surface area contributed by atoms with Crippen LogP contribution in [0.1, 0.15) is 30.1 Å². The summed E-state index contributed by atoms with van der Waals surface area (Å²) >= 11 is 9.70. The molecule has 0 aliphatic heterocycles. The molecule has 42 heavy (non-hydrogen) atoms. The SMILES string of the molecule is CCC[n+]1cc(Br)cc(C(=O)N(CCC(=O)NCCOC(=O)Nc2cccc3ccccc23)c2cccc(Cl)c2)c1.[Cl-]. The first kappa shape index (κ1) is 32.8. The molecule has 8 nitrogen and oxygen atoms in total. The molecule has 0 fully saturated rings. The lowest BCUT2D eigenvalue weighted by Crippen LogP contribution is -3.00. The molecule has 0 spiro atoms. The molecule has 4 aromatic rings. The van der Waals surface area contributed by atoms with Gasteiger partial charge in [0.2, 0.25) is 5.91 Å². The maximum absolute atomic E-state index is 13.6. The molecule has 0 radical (unpaired) electrons. The molecule has 4 rings (SSSR count). The number of benzene rings is 3. The number of anilines is 2. The third-order valence-electron chi connectivity index (χ3n) is 6.23. The number of hydrogen-bond donors (Lipinski definition) is 2. The van der Waals surface area contributed by atoms with Gasteiger partial charge in [-0.25, -0.2) is 9.36 Å². The Balaban J connectivity index is 0.00000484. The number of aryl methyl sites for hydroxylation is 1. The van der Waals surface area contributed by atoms with E-state index in [1.54, 1.807) is 42.6 Å². The van der Waals surface area contributed by atoms with E-state index in [4.69, 9.17) is 16.3 Å². The van der Waals surface area contributed by atoms with Gasteiger partial charge in [-0.3, -0.25) is 14.9 Å². The maximum atomic E-state index is 13.6. The van der Waals surface area contributed by atoms with Crippen LogP contribution in [0.15, 0.2) is 89.7 Å². The van der Waals surface area contributed by atoms with Crippen molar-refractivity contribution >= 4 is 67.6 Å². The molecular weight excluding hydrogens is 643 g/mol. The van der Waals surface area contributed by atoms with E-state index < -0.39 is 6.09 Å². The predicted octanol–water partition coefficient (Wildman–Crippen LogP) is 3.36. The summed E-state index contributed by atoms with van der Waals surface area (Å²) in [5.41, 5.74) is 1.72. The van der Waals surface area contributed by atoms with E-state index in [1.165, 1.54) is 4.90 Å². The molecule has 2 N–H and O–H groups in total. The average molecular weight is 674 g/mol. The second kappa shape index (κ2) is 16.1. The van der Waals surface area contributed by atoms with Crippen LogP contribution in [0.5, 0.6) is 0 Å². The van der Waals surface area contributed by atoms with Crippen molar-refractivity contribution < 1.29 is 36.1 Å². The number of ether oxygens (including phenoxy) is 1. The first-order chi connectivity index (χ1) is 19.8. The number of carbonyl (C=O) groups is 3. The minimum atomic E-state index is -0.609. The molecule has 0 saturated heterocycles. The number of halogens is 3. The van der Waals surface area contributed by atoms with Gasteiger partial charge < -0.3 is 27.4 Å². The molecule has 0 bridgehead atoms. The molecule has 0 unspecified atom stereocenters. The number of pyridine rings is 1. The largest absolute Gasteiger partial charge is 1.00 e. The third-order valence-corrected chi connectivity index (χ3v) is 6.90. The minimum Gasteiger partial charge on any atom is -1.00 e. The molecule has 0 aliphatic carbocycles. The first-order valence-corrected chi connectivity index (χ1v) is 14.5. The van der Waals surface area contributed by atoms with Crippen molar-refractivity contribution in [2.45, 2.75) is 26.3 Å². The van der Waals surface area contributed by atoms with Crippen molar-refractivity contribution in [1.29, 1.82) is 0 Å². The Hall–Kier alpha value is -3.66. The monoisotopic (exact) mass is 672 g/mol. The fraction of sp³-hybridized carbons (Fsp3) is 0.226. The Bertz CT molecular complexity index is 1550. The predicted molar refractivity (Wildman–Crippen MR) is 164 cm³/mol. The standard InChI is InChI=1S/C31H30BrClN4O4.ClH/c1-2-15-36-20-23(18-24(32)21-36)30(39)37(26-10-6-9-25(33)19-26)16-13-29(38)34-14-17-41-31(40)35-28-12-5-8-22-7-3-4-11-27(22)28;/h3-12,18-21H,2,13-17H2,1H3,(H-,34,35,38,40);1H. The number of fused-ring (bicyclic) bond motifs is 1. The average Bonchev–Trinajstić information content (AvgIpc) is 2.95. The highest BCUT2D eigenvalue weighted by molar-refractivity contribution is 9.10. The molecule has 1 aromatic heterocycles. The van der Waals surface area contributed by atoms with Gasteiger partial charge in [0.15, 0.2) is 12.4 Å². The van der Waals surface area contributed by atoms with Crippen LogP contribution in [0.25, 0.3) is 10.8 Å². The van der Waals surface area contributed by atoms with Gasteiger partial charge in [0.05, 0.1) is 16.7 Å². The Labute approximate surface area is 264 Å². The quantitative estimate of drug-likeness (QED) is 0.189. The van der Waals surface area contributed by atoms with Crippen molar-refractivity contribution in [2.75, 3.05) is 29.9 Å². The highest BCUT2D eigenvalue weighted by Gasteiger charge is 2.22. The molecule has 0 saturated carbocycles. The van der Waals surface area contributed by atoms with E-state index in [0.717, 1.165) is 28.2 Å². The number of rotatable bonds is 11. The zero-order valence-corrected chi connectivity index (χ0v) is 26.1. The lowest BCUT2D eigenvalue weighted by molar-refractivity contribution is -0.697. The highest BCUT2D eigenvalue weighted by Crippen LogP contribution is 2.24. The Morgan fingerprint density at radius 1 is 1.00 bits per heavy atom. The van der Waals surface area contributed by atoms with E-state index in [9.17, 15) is 14.4 Å². The summed E-state index contributed by atoms with van der Waals surface area (Å²) in [6, 6.07) is 22.0. The van der Waals surface area contributed by atoms with Crippen LogP contribution in [0.3, 0.4) is 0 Å². The zero-order chi connectivity index (χ0) is 29.2. The fourth-order valence-corrected chi connectivity index (χ4v) is 5.06. The lowest BCUT2D eigenvalue weighted by atomic mass is 10.1. The van der Waals surface area contributed by atoms with Crippen LogP contribution >= 0.6 is 27.5 Å². The van der Waals surface area contributed by atoms with Crippen molar-refractivity contribution in [3.05, 3.63) is 100 Å². The van der Waals surface area contributed by atoms with E-state index in [-0.39, 0.29) is 50.3 Å². The second-order valence-electron chi connectivity index (χ2n) is 9.30. The summed E-state index contributed by atoms with van der Waals surface area (Å²) in [7, 11) is 0. The van der Waals surface area contributed by atoms with Gasteiger partial charge in [0.1, 0.15) is 18.7 Å². The van der Waals surface area contributed by atoms with Crippen molar-refractivity contribution in [2.24, 2.45) is 0 Å². The van der Waals surface area contributed by atoms with Crippen LogP contribution in [-0.2, 0) is 16.1 Å². The number of carbonyl (C=O) groups excluding carboxylic acids is 3. The number of nitrogens with one attached hydrogen (secondary N) is 2. The van der Waals surface area contributed by atoms with E-state index in [0.29, 0.717) is 22.0 Å². The number of aromatic nitrogens is 1. The van der Waals surface area contributed by atoms with Gasteiger partial charge in [-0.2, -0.15) is 0 Å². The summed E-state index contributed by atoms with van der Waals surface area (Å²) in [5.74, 6) is -0.530. The minimum absolute atomic E-state index is 0. The molecule has 1 heterocycles. The number of nitrogens with zero attached hydrogens (tertiary/aromatic N) is 2. The molecule has 11 heteroatoms. The molecular formula is C31H31BrCl2N4O4. The van der Waals surface area contributed by atoms with E-state index in [1.807, 2.05) is 47.2 Å². The van der Waals surface area contributed by atoms with Gasteiger partial charge in [-0.1, -0.05) is 61.0 Å². The Kier molecular flexibility index (Phi) is 12.6. The van der Waals surface area contributed by atoms with Gasteiger partial charge in [-0.05, 0) is 51.6 Å². The summed E-state index contributed by atoms with van der Waals surface area (Å²) in [5, 5.41) is 7.88. The number of amides is 3. The van der Waals surface area contributed by atoms with E-state index in [2.05, 4.69) is 33.5 Å². The maximum Gasteiger partial charge on any atom is 0.411 e. The van der Waals surface area contributed by atoms with Crippen LogP contribution in [-0.4, -0.2) is 37.6 Å². The molecule has 3 aromatic carbocycles. The molecule has 3 amide bonds. The van der Waals surface area contributed by atoms with Gasteiger partial charge in [-0.15, -0.1) is 0 Å². The fourth-order valence-electron chi connectivity index (χ4n) is 4.37. The third kappa shape index (κ3) is 9.17. The zero-order valence-electron chi connectivity index (χ0n) is 23.0. The van der Waals surface area contributed by atoms with Crippen LogP contribution < -0.4 is 32.5 Å². The normalized spacial score (nSPS) is 10.5. The van der Waals surface area contributed by atoms with Crippen molar-refractivity contribution in [1.82, 2.24) is 5.32 Å². The summed E-state index contributed by atoms with van der Waals surface area (Å²) < 4.78 is 7.98. The van der Waals surface area contributed by atoms with Crippen molar-refractivity contribution in [3.8, 4) is 0 Å². The summed E-state index contributed by atoms with van der Waals surface area (Å²) in [6.45, 7) is 3.09. The molecule has 0 aliphatic rings. The summed E-state index contributed by atoms with van der Waals surface area (Å²) in [4.78, 5) is 40.1. The smallest absolute Gasteiger partial charge is 0.411 e. The number of hydrogen-bond acceptors (Lipinski definition) is 4. The Morgan fingerprint density at radius 2 is 1.76 bits per heavy atom. The van der Waals surface area contributed by atoms with Crippen molar-refractivity contribution in [3.63, 3.8) is 0 Å². The molecule has 220 valence electrons. The van der Waals surface area contributed by atoms with Gasteiger partial charge >= 0.3 is 6.09 Å². The first-order valence-electron chi connectivity index (χ1n) is 13.3.